The molecule has 1 atom stereocenters. The molecule has 4 rings (SSSR count). The van der Waals surface area contributed by atoms with Crippen LogP contribution >= 0.6 is 15.9 Å². The molecule has 3 heterocycles. The highest BCUT2D eigenvalue weighted by Gasteiger charge is 2.16. The third-order valence-corrected chi connectivity index (χ3v) is 5.80. The maximum atomic E-state index is 12.5. The SMILES string of the molecule is CN1CCc2ccc(C(O)Cn3ccc(OCc4ccc(Br)cn4)cc3=O)cc2C1. The van der Waals surface area contributed by atoms with E-state index in [1.807, 2.05) is 18.2 Å². The van der Waals surface area contributed by atoms with Crippen LogP contribution in [0.15, 0.2) is 64.1 Å². The molecule has 156 valence electrons. The lowest BCUT2D eigenvalue weighted by molar-refractivity contribution is 0.154. The second kappa shape index (κ2) is 9.12. The van der Waals surface area contributed by atoms with Crippen LogP contribution in [0.4, 0.5) is 0 Å². The van der Waals surface area contributed by atoms with Gasteiger partial charge in [-0.1, -0.05) is 18.2 Å². The zero-order chi connectivity index (χ0) is 21.1. The number of benzene rings is 1. The van der Waals surface area contributed by atoms with E-state index in [4.69, 9.17) is 4.74 Å². The van der Waals surface area contributed by atoms with E-state index in [9.17, 15) is 9.90 Å². The van der Waals surface area contributed by atoms with Crippen LogP contribution in [0.3, 0.4) is 0 Å². The number of likely N-dealkylation sites (N-methyl/N-ethyl adjacent to an activating group) is 1. The minimum Gasteiger partial charge on any atom is -0.487 e. The summed E-state index contributed by atoms with van der Waals surface area (Å²) in [5.41, 5.74) is 3.97. The topological polar surface area (TPSA) is 67.6 Å². The fourth-order valence-corrected chi connectivity index (χ4v) is 3.83. The molecule has 2 aromatic heterocycles. The summed E-state index contributed by atoms with van der Waals surface area (Å²) in [5, 5.41) is 10.7. The summed E-state index contributed by atoms with van der Waals surface area (Å²) in [4.78, 5) is 19.0. The highest BCUT2D eigenvalue weighted by Crippen LogP contribution is 2.23. The third kappa shape index (κ3) is 4.98. The van der Waals surface area contributed by atoms with Gasteiger partial charge in [0.15, 0.2) is 0 Å². The molecule has 1 N–H and O–H groups in total. The van der Waals surface area contributed by atoms with Crippen LogP contribution in [0, 0.1) is 0 Å². The number of rotatable bonds is 6. The monoisotopic (exact) mass is 469 g/mol. The average molecular weight is 470 g/mol. The Morgan fingerprint density at radius 3 is 2.83 bits per heavy atom. The van der Waals surface area contributed by atoms with Crippen molar-refractivity contribution < 1.29 is 9.84 Å². The molecule has 0 saturated carbocycles. The number of hydrogen-bond acceptors (Lipinski definition) is 5. The molecular formula is C23H24BrN3O3. The van der Waals surface area contributed by atoms with Crippen molar-refractivity contribution in [2.45, 2.75) is 32.2 Å². The van der Waals surface area contributed by atoms with Crippen LogP contribution in [0.5, 0.6) is 5.75 Å². The highest BCUT2D eigenvalue weighted by molar-refractivity contribution is 9.10. The molecule has 0 spiro atoms. The number of hydrogen-bond donors (Lipinski definition) is 1. The van der Waals surface area contributed by atoms with Crippen molar-refractivity contribution in [1.29, 1.82) is 0 Å². The summed E-state index contributed by atoms with van der Waals surface area (Å²) in [5.74, 6) is 0.479. The van der Waals surface area contributed by atoms with Crippen molar-refractivity contribution in [2.24, 2.45) is 0 Å². The number of aliphatic hydroxyl groups excluding tert-OH is 1. The number of fused-ring (bicyclic) bond motifs is 1. The maximum absolute atomic E-state index is 12.5. The fourth-order valence-electron chi connectivity index (χ4n) is 3.60. The predicted octanol–water partition coefficient (Wildman–Crippen LogP) is 3.31. The highest BCUT2D eigenvalue weighted by atomic mass is 79.9. The molecule has 3 aromatic rings. The normalized spacial score (nSPS) is 14.9. The van der Waals surface area contributed by atoms with E-state index in [-0.39, 0.29) is 18.7 Å². The van der Waals surface area contributed by atoms with E-state index < -0.39 is 6.10 Å². The Kier molecular flexibility index (Phi) is 6.32. The Labute approximate surface area is 183 Å². The molecule has 6 nitrogen and oxygen atoms in total. The van der Waals surface area contributed by atoms with E-state index >= 15 is 0 Å². The number of halogens is 1. The Bertz CT molecular complexity index is 1080. The minimum absolute atomic E-state index is 0.196. The van der Waals surface area contributed by atoms with Crippen LogP contribution in [-0.4, -0.2) is 33.1 Å². The molecule has 1 unspecified atom stereocenters. The van der Waals surface area contributed by atoms with Gasteiger partial charge in [-0.25, -0.2) is 0 Å². The first-order valence-corrected chi connectivity index (χ1v) is 10.7. The Hall–Kier alpha value is -2.48. The number of ether oxygens (including phenoxy) is 1. The number of aliphatic hydroxyl groups is 1. The van der Waals surface area contributed by atoms with E-state index in [1.54, 1.807) is 18.5 Å². The fraction of sp³-hybridized carbons (Fsp3) is 0.304. The predicted molar refractivity (Wildman–Crippen MR) is 118 cm³/mol. The van der Waals surface area contributed by atoms with Crippen molar-refractivity contribution in [3.8, 4) is 5.75 Å². The van der Waals surface area contributed by atoms with Crippen molar-refractivity contribution in [1.82, 2.24) is 14.5 Å². The lowest BCUT2D eigenvalue weighted by Crippen LogP contribution is -2.27. The van der Waals surface area contributed by atoms with Gasteiger partial charge in [0.25, 0.3) is 5.56 Å². The van der Waals surface area contributed by atoms with Gasteiger partial charge in [-0.15, -0.1) is 0 Å². The molecule has 0 bridgehead atoms. The third-order valence-electron chi connectivity index (χ3n) is 5.33. The van der Waals surface area contributed by atoms with E-state index in [2.05, 4.69) is 45.0 Å². The first-order valence-electron chi connectivity index (χ1n) is 9.90. The van der Waals surface area contributed by atoms with Crippen molar-refractivity contribution >= 4 is 15.9 Å². The Balaban J connectivity index is 1.41. The molecule has 0 radical (unpaired) electrons. The molecule has 0 fully saturated rings. The van der Waals surface area contributed by atoms with E-state index in [0.29, 0.717) is 5.75 Å². The van der Waals surface area contributed by atoms with Crippen LogP contribution in [-0.2, 0) is 26.1 Å². The summed E-state index contributed by atoms with van der Waals surface area (Å²) in [6.07, 6.45) is 3.64. The van der Waals surface area contributed by atoms with Crippen LogP contribution in [0.2, 0.25) is 0 Å². The molecule has 1 aliphatic rings. The summed E-state index contributed by atoms with van der Waals surface area (Å²) in [7, 11) is 2.10. The molecular weight excluding hydrogens is 446 g/mol. The van der Waals surface area contributed by atoms with Crippen LogP contribution in [0.1, 0.15) is 28.5 Å². The molecule has 0 aliphatic carbocycles. The molecule has 7 heteroatoms. The van der Waals surface area contributed by atoms with Gasteiger partial charge in [0.2, 0.25) is 0 Å². The maximum Gasteiger partial charge on any atom is 0.254 e. The lowest BCUT2D eigenvalue weighted by Gasteiger charge is -2.26. The lowest BCUT2D eigenvalue weighted by atomic mass is 9.96. The van der Waals surface area contributed by atoms with Crippen molar-refractivity contribution in [3.05, 3.63) is 92.1 Å². The van der Waals surface area contributed by atoms with Gasteiger partial charge in [0.1, 0.15) is 12.4 Å². The van der Waals surface area contributed by atoms with Gasteiger partial charge in [-0.3, -0.25) is 9.78 Å². The summed E-state index contributed by atoms with van der Waals surface area (Å²) in [6.45, 7) is 2.41. The summed E-state index contributed by atoms with van der Waals surface area (Å²) < 4.78 is 8.07. The molecule has 30 heavy (non-hydrogen) atoms. The van der Waals surface area contributed by atoms with Gasteiger partial charge in [0.05, 0.1) is 18.3 Å². The Morgan fingerprint density at radius 1 is 1.20 bits per heavy atom. The molecule has 0 saturated heterocycles. The second-order valence-corrected chi connectivity index (χ2v) is 8.56. The molecule has 1 aromatic carbocycles. The van der Waals surface area contributed by atoms with Crippen molar-refractivity contribution in [3.63, 3.8) is 0 Å². The zero-order valence-corrected chi connectivity index (χ0v) is 18.4. The summed E-state index contributed by atoms with van der Waals surface area (Å²) >= 11 is 3.35. The summed E-state index contributed by atoms with van der Waals surface area (Å²) in [6, 6.07) is 13.0. The first-order chi connectivity index (χ1) is 14.5. The van der Waals surface area contributed by atoms with Gasteiger partial charge in [-0.05, 0) is 64.3 Å². The largest absolute Gasteiger partial charge is 0.487 e. The molecule has 0 amide bonds. The van der Waals surface area contributed by atoms with Gasteiger partial charge >= 0.3 is 0 Å². The minimum atomic E-state index is -0.751. The van der Waals surface area contributed by atoms with Gasteiger partial charge < -0.3 is 19.3 Å². The van der Waals surface area contributed by atoms with Crippen LogP contribution < -0.4 is 10.3 Å². The van der Waals surface area contributed by atoms with E-state index in [1.165, 1.54) is 21.8 Å². The first kappa shape index (κ1) is 20.8. The van der Waals surface area contributed by atoms with Gasteiger partial charge in [-0.2, -0.15) is 0 Å². The number of pyridine rings is 2. The Morgan fingerprint density at radius 2 is 2.07 bits per heavy atom. The standard InChI is InChI=1S/C23H24BrN3O3/c1-26-8-6-16-2-3-17(10-18(16)13-26)22(28)14-27-9-7-21(11-23(27)29)30-15-20-5-4-19(24)12-25-20/h2-5,7,9-12,22,28H,6,8,13-15H2,1H3. The van der Waals surface area contributed by atoms with Gasteiger partial charge in [0, 0.05) is 36.0 Å². The van der Waals surface area contributed by atoms with Crippen molar-refractivity contribution in [2.75, 3.05) is 13.6 Å². The number of aromatic nitrogens is 2. The second-order valence-electron chi connectivity index (χ2n) is 7.64. The zero-order valence-electron chi connectivity index (χ0n) is 16.8. The van der Waals surface area contributed by atoms with E-state index in [0.717, 1.165) is 35.2 Å². The number of nitrogens with zero attached hydrogens (tertiary/aromatic N) is 3. The average Bonchev–Trinajstić information content (AvgIpc) is 2.74. The quantitative estimate of drug-likeness (QED) is 0.599. The smallest absolute Gasteiger partial charge is 0.254 e. The van der Waals surface area contributed by atoms with Crippen LogP contribution in [0.25, 0.3) is 0 Å². The molecule has 1 aliphatic heterocycles.